The molecule has 0 aromatic heterocycles. The van der Waals surface area contributed by atoms with Gasteiger partial charge < -0.3 is 23.7 Å². The minimum absolute atomic E-state index is 0.425. The Hall–Kier alpha value is -1.80. The molecule has 30 heavy (non-hydrogen) atoms. The van der Waals surface area contributed by atoms with E-state index in [-0.39, 0.29) is 0 Å². The second-order valence-corrected chi connectivity index (χ2v) is 7.08. The minimum atomic E-state index is 0.425. The number of rotatable bonds is 13. The normalized spacial score (nSPS) is 11.8. The van der Waals surface area contributed by atoms with Gasteiger partial charge in [0.1, 0.15) is 19.0 Å². The smallest absolute Gasteiger partial charge is 0.161 e. The number of methoxy groups -OCH3 is 1. The molecule has 2 aromatic rings. The van der Waals surface area contributed by atoms with Crippen LogP contribution in [-0.2, 0) is 9.47 Å². The third-order valence-electron chi connectivity index (χ3n) is 4.16. The Morgan fingerprint density at radius 2 is 1.33 bits per heavy atom. The maximum Gasteiger partial charge on any atom is 0.161 e. The second kappa shape index (κ2) is 13.5. The molecule has 0 aliphatic carbocycles. The molecule has 5 nitrogen and oxygen atoms in total. The van der Waals surface area contributed by atoms with Crippen molar-refractivity contribution in [2.24, 2.45) is 0 Å². The Morgan fingerprint density at radius 3 is 1.93 bits per heavy atom. The first-order chi connectivity index (χ1) is 14.6. The van der Waals surface area contributed by atoms with E-state index in [1.165, 1.54) is 0 Å². The molecule has 0 spiro atoms. The van der Waals surface area contributed by atoms with E-state index in [0.717, 1.165) is 26.7 Å². The van der Waals surface area contributed by atoms with Crippen molar-refractivity contribution in [1.82, 2.24) is 0 Å². The van der Waals surface area contributed by atoms with Crippen LogP contribution in [0.4, 0.5) is 0 Å². The Balaban J connectivity index is 2.26. The second-order valence-electron chi connectivity index (χ2n) is 6.18. The lowest BCUT2D eigenvalue weighted by Gasteiger charge is -2.15. The summed E-state index contributed by atoms with van der Waals surface area (Å²) < 4.78 is 27.8. The molecule has 2 aromatic carbocycles. The van der Waals surface area contributed by atoms with Crippen molar-refractivity contribution in [2.75, 3.05) is 46.8 Å². The summed E-state index contributed by atoms with van der Waals surface area (Å²) in [5.41, 5.74) is 1.79. The van der Waals surface area contributed by atoms with Gasteiger partial charge in [0.25, 0.3) is 0 Å². The molecule has 164 valence electrons. The molecule has 0 unspecified atom stereocenters. The topological polar surface area (TPSA) is 46.2 Å². The molecule has 0 amide bonds. The van der Waals surface area contributed by atoms with Gasteiger partial charge in [-0.15, -0.1) is 25.3 Å². The third kappa shape index (κ3) is 7.47. The number of hydrogen-bond acceptors (Lipinski definition) is 7. The van der Waals surface area contributed by atoms with Crippen LogP contribution < -0.4 is 14.2 Å². The van der Waals surface area contributed by atoms with Crippen LogP contribution in [0.5, 0.6) is 17.2 Å². The van der Waals surface area contributed by atoms with E-state index in [9.17, 15) is 0 Å². The van der Waals surface area contributed by atoms with Gasteiger partial charge in [-0.25, -0.2) is 0 Å². The fourth-order valence-corrected chi connectivity index (χ4v) is 3.18. The Kier molecular flexibility index (Phi) is 11.0. The molecule has 0 fully saturated rings. The highest BCUT2D eigenvalue weighted by Gasteiger charge is 2.12. The van der Waals surface area contributed by atoms with Crippen molar-refractivity contribution in [1.29, 1.82) is 0 Å². The van der Waals surface area contributed by atoms with Crippen molar-refractivity contribution in [3.05, 3.63) is 53.6 Å². The standard InChI is InChI=1S/C23H30O5S2/c1-4-25-11-13-27-20-10-9-18(16-21(20)28-14-12-26-5-2)23(30)22(29)17-7-6-8-19(15-17)24-3/h6-10,15-16,29-30H,4-5,11-14H2,1-3H3/b23-22-. The summed E-state index contributed by atoms with van der Waals surface area (Å²) in [7, 11) is 1.64. The Bertz CT molecular complexity index is 823. The zero-order valence-electron chi connectivity index (χ0n) is 17.7. The van der Waals surface area contributed by atoms with Crippen LogP contribution in [0.3, 0.4) is 0 Å². The SMILES string of the molecule is CCOCCOc1ccc(/C(S)=C(/S)c2cccc(OC)c2)cc1OCCOCC. The number of ether oxygens (including phenoxy) is 5. The summed E-state index contributed by atoms with van der Waals surface area (Å²) in [6.07, 6.45) is 0. The van der Waals surface area contributed by atoms with Gasteiger partial charge in [0.05, 0.1) is 20.3 Å². The first-order valence-electron chi connectivity index (χ1n) is 9.92. The Labute approximate surface area is 190 Å². The fourth-order valence-electron chi connectivity index (χ4n) is 2.64. The lowest BCUT2D eigenvalue weighted by molar-refractivity contribution is 0.0999. The molecular formula is C23H30O5S2. The van der Waals surface area contributed by atoms with Gasteiger partial charge in [-0.1, -0.05) is 12.1 Å². The van der Waals surface area contributed by atoms with Gasteiger partial charge in [0.15, 0.2) is 11.5 Å². The molecule has 0 aliphatic rings. The van der Waals surface area contributed by atoms with Crippen LogP contribution in [-0.4, -0.2) is 46.8 Å². The summed E-state index contributed by atoms with van der Waals surface area (Å²) in [6.45, 7) is 7.10. The van der Waals surface area contributed by atoms with Crippen LogP contribution in [0.2, 0.25) is 0 Å². The van der Waals surface area contributed by atoms with Gasteiger partial charge >= 0.3 is 0 Å². The molecule has 0 atom stereocenters. The molecule has 0 N–H and O–H groups in total. The van der Waals surface area contributed by atoms with Crippen LogP contribution in [0.25, 0.3) is 9.81 Å². The molecular weight excluding hydrogens is 420 g/mol. The maximum atomic E-state index is 5.92. The van der Waals surface area contributed by atoms with Crippen molar-refractivity contribution >= 4 is 35.1 Å². The molecule has 2 rings (SSSR count). The number of hydrogen-bond donors (Lipinski definition) is 2. The summed E-state index contributed by atoms with van der Waals surface area (Å²) in [4.78, 5) is 1.46. The van der Waals surface area contributed by atoms with Gasteiger partial charge in [0.2, 0.25) is 0 Å². The van der Waals surface area contributed by atoms with Crippen LogP contribution in [0.1, 0.15) is 25.0 Å². The van der Waals surface area contributed by atoms with E-state index in [1.807, 2.05) is 56.3 Å². The molecule has 7 heteroatoms. The highest BCUT2D eigenvalue weighted by atomic mass is 32.1. The zero-order chi connectivity index (χ0) is 21.8. The molecule has 0 aliphatic heterocycles. The van der Waals surface area contributed by atoms with E-state index in [1.54, 1.807) is 7.11 Å². The minimum Gasteiger partial charge on any atom is -0.497 e. The predicted molar refractivity (Wildman–Crippen MR) is 128 cm³/mol. The first kappa shape index (κ1) is 24.5. The quantitative estimate of drug-likeness (QED) is 0.249. The van der Waals surface area contributed by atoms with Crippen LogP contribution in [0.15, 0.2) is 42.5 Å². The highest BCUT2D eigenvalue weighted by molar-refractivity contribution is 7.96. The molecule has 0 bridgehead atoms. The average molecular weight is 451 g/mol. The fraction of sp³-hybridized carbons (Fsp3) is 0.391. The number of thiol groups is 2. The lowest BCUT2D eigenvalue weighted by atomic mass is 10.1. The van der Waals surface area contributed by atoms with Crippen LogP contribution >= 0.6 is 25.3 Å². The Morgan fingerprint density at radius 1 is 0.733 bits per heavy atom. The molecule has 0 saturated carbocycles. The van der Waals surface area contributed by atoms with Crippen molar-refractivity contribution in [2.45, 2.75) is 13.8 Å². The first-order valence-corrected chi connectivity index (χ1v) is 10.8. The number of benzene rings is 2. The zero-order valence-corrected chi connectivity index (χ0v) is 19.5. The molecule has 0 radical (unpaired) electrons. The van der Waals surface area contributed by atoms with Gasteiger partial charge in [-0.05, 0) is 55.3 Å². The van der Waals surface area contributed by atoms with Gasteiger partial charge in [0, 0.05) is 23.0 Å². The molecule has 0 heterocycles. The summed E-state index contributed by atoms with van der Waals surface area (Å²) >= 11 is 9.40. The summed E-state index contributed by atoms with van der Waals surface area (Å²) in [6, 6.07) is 13.4. The lowest BCUT2D eigenvalue weighted by Crippen LogP contribution is -2.10. The van der Waals surface area contributed by atoms with Gasteiger partial charge in [-0.3, -0.25) is 0 Å². The van der Waals surface area contributed by atoms with E-state index in [2.05, 4.69) is 12.6 Å². The van der Waals surface area contributed by atoms with Crippen molar-refractivity contribution in [3.63, 3.8) is 0 Å². The van der Waals surface area contributed by atoms with E-state index >= 15 is 0 Å². The highest BCUT2D eigenvalue weighted by Crippen LogP contribution is 2.37. The molecule has 0 saturated heterocycles. The van der Waals surface area contributed by atoms with E-state index in [0.29, 0.717) is 51.1 Å². The van der Waals surface area contributed by atoms with Crippen LogP contribution in [0, 0.1) is 0 Å². The largest absolute Gasteiger partial charge is 0.497 e. The third-order valence-corrected chi connectivity index (χ3v) is 5.30. The van der Waals surface area contributed by atoms with Crippen molar-refractivity contribution < 1.29 is 23.7 Å². The van der Waals surface area contributed by atoms with Gasteiger partial charge in [-0.2, -0.15) is 0 Å². The summed E-state index contributed by atoms with van der Waals surface area (Å²) in [5.74, 6) is 2.04. The van der Waals surface area contributed by atoms with E-state index < -0.39 is 0 Å². The van der Waals surface area contributed by atoms with E-state index in [4.69, 9.17) is 36.3 Å². The predicted octanol–water partition coefficient (Wildman–Crippen LogP) is 5.21. The summed E-state index contributed by atoms with van der Waals surface area (Å²) in [5, 5.41) is 0. The average Bonchev–Trinajstić information content (AvgIpc) is 2.79. The van der Waals surface area contributed by atoms with Crippen molar-refractivity contribution in [3.8, 4) is 17.2 Å². The monoisotopic (exact) mass is 450 g/mol. The maximum absolute atomic E-state index is 5.92.